The van der Waals surface area contributed by atoms with Crippen molar-refractivity contribution < 1.29 is 27.7 Å². The Bertz CT molecular complexity index is 1250. The third-order valence-electron chi connectivity index (χ3n) is 6.84. The van der Waals surface area contributed by atoms with Crippen LogP contribution in [0, 0.1) is 11.7 Å². The third kappa shape index (κ3) is 8.14. The molecule has 0 aliphatic carbocycles. The minimum Gasteiger partial charge on any atom is -0.493 e. The highest BCUT2D eigenvalue weighted by atomic mass is 19.1. The number of benzene rings is 1. The number of ether oxygens (including phenoxy) is 1. The Labute approximate surface area is 233 Å². The zero-order valence-electron chi connectivity index (χ0n) is 23.4. The Hall–Kier alpha value is -3.73. The predicted molar refractivity (Wildman–Crippen MR) is 146 cm³/mol. The van der Waals surface area contributed by atoms with Gasteiger partial charge in [-0.25, -0.2) is 4.39 Å². The highest BCUT2D eigenvalue weighted by Gasteiger charge is 2.25. The first-order chi connectivity index (χ1) is 19.3. The van der Waals surface area contributed by atoms with E-state index in [1.165, 1.54) is 12.3 Å². The van der Waals surface area contributed by atoms with Crippen molar-refractivity contribution >= 4 is 11.8 Å². The molecule has 1 N–H and O–H groups in total. The summed E-state index contributed by atoms with van der Waals surface area (Å²) in [6.07, 6.45) is 4.62. The number of nitrogens with one attached hydrogen (secondary N) is 1. The monoisotopic (exact) mass is 555 g/mol. The fourth-order valence-corrected chi connectivity index (χ4v) is 4.55. The van der Waals surface area contributed by atoms with Crippen molar-refractivity contribution in [3.63, 3.8) is 0 Å². The van der Waals surface area contributed by atoms with Crippen molar-refractivity contribution in [2.75, 3.05) is 39.3 Å². The van der Waals surface area contributed by atoms with E-state index in [1.54, 1.807) is 36.1 Å². The topological polar surface area (TPSA) is 114 Å². The fourth-order valence-electron chi connectivity index (χ4n) is 4.55. The summed E-state index contributed by atoms with van der Waals surface area (Å²) in [6, 6.07) is 7.22. The van der Waals surface area contributed by atoms with Crippen molar-refractivity contribution in [3.8, 4) is 17.1 Å². The molecule has 0 bridgehead atoms. The number of carbonyl (C=O) groups excluding carboxylic acids is 2. The summed E-state index contributed by atoms with van der Waals surface area (Å²) in [5.74, 6) is 0.927. The van der Waals surface area contributed by atoms with E-state index in [9.17, 15) is 14.0 Å². The van der Waals surface area contributed by atoms with Gasteiger partial charge in [0.2, 0.25) is 17.6 Å². The van der Waals surface area contributed by atoms with Crippen LogP contribution in [0.25, 0.3) is 11.4 Å². The summed E-state index contributed by atoms with van der Waals surface area (Å²) in [6.45, 7) is 9.99. The zero-order valence-corrected chi connectivity index (χ0v) is 23.4. The van der Waals surface area contributed by atoms with Crippen LogP contribution in [0.2, 0.25) is 0 Å². The number of furan rings is 1. The number of amides is 2. The Kier molecular flexibility index (Phi) is 10.3. The van der Waals surface area contributed by atoms with Crippen molar-refractivity contribution in [3.05, 3.63) is 54.1 Å². The van der Waals surface area contributed by atoms with E-state index in [-0.39, 0.29) is 23.1 Å². The zero-order chi connectivity index (χ0) is 28.5. The number of nitrogens with zero attached hydrogens (tertiary/aromatic N) is 4. The summed E-state index contributed by atoms with van der Waals surface area (Å²) < 4.78 is 30.9. The van der Waals surface area contributed by atoms with Gasteiger partial charge in [0.15, 0.2) is 5.76 Å². The largest absolute Gasteiger partial charge is 0.493 e. The van der Waals surface area contributed by atoms with Crippen LogP contribution in [0.15, 0.2) is 45.5 Å². The van der Waals surface area contributed by atoms with Gasteiger partial charge in [0.05, 0.1) is 18.4 Å². The molecule has 2 aromatic heterocycles. The lowest BCUT2D eigenvalue weighted by Gasteiger charge is -2.25. The van der Waals surface area contributed by atoms with E-state index in [0.717, 1.165) is 38.9 Å². The van der Waals surface area contributed by atoms with Crippen LogP contribution in [0.4, 0.5) is 4.39 Å². The van der Waals surface area contributed by atoms with E-state index in [2.05, 4.69) is 34.2 Å². The molecule has 40 heavy (non-hydrogen) atoms. The van der Waals surface area contributed by atoms with Crippen LogP contribution in [0.3, 0.4) is 0 Å². The van der Waals surface area contributed by atoms with Crippen LogP contribution < -0.4 is 10.1 Å². The standard InChI is InChI=1S/C29H38FN5O5/c1-20(2)8-11-26-32-27(33-40-26)23-10-9-22(19-24(23)30)38-18-6-13-34-12-5-14-35(16-15-34)29(37)21(3)31-28(36)25-7-4-17-39-25/h4,7,9-10,17,19-21H,5-6,8,11-16,18H2,1-3H3,(H,31,36)/t21-/m1/s1. The van der Waals surface area contributed by atoms with E-state index in [0.29, 0.717) is 43.7 Å². The summed E-state index contributed by atoms with van der Waals surface area (Å²) in [4.78, 5) is 33.5. The lowest BCUT2D eigenvalue weighted by Crippen LogP contribution is -2.48. The molecule has 3 heterocycles. The third-order valence-corrected chi connectivity index (χ3v) is 6.84. The van der Waals surface area contributed by atoms with Crippen molar-refractivity contribution in [2.24, 2.45) is 5.92 Å². The number of aromatic nitrogens is 2. The molecule has 0 unspecified atom stereocenters. The molecule has 0 saturated carbocycles. The molecule has 1 atom stereocenters. The van der Waals surface area contributed by atoms with Crippen LogP contribution in [0.1, 0.15) is 56.5 Å². The van der Waals surface area contributed by atoms with Crippen LogP contribution >= 0.6 is 0 Å². The lowest BCUT2D eigenvalue weighted by molar-refractivity contribution is -0.132. The van der Waals surface area contributed by atoms with Crippen LogP contribution in [-0.2, 0) is 11.2 Å². The van der Waals surface area contributed by atoms with E-state index < -0.39 is 17.8 Å². The number of rotatable bonds is 12. The Morgan fingerprint density at radius 1 is 1.15 bits per heavy atom. The molecule has 0 radical (unpaired) electrons. The second kappa shape index (κ2) is 14.1. The first-order valence-corrected chi connectivity index (χ1v) is 13.9. The van der Waals surface area contributed by atoms with Gasteiger partial charge < -0.3 is 28.8 Å². The minimum absolute atomic E-state index is 0.108. The molecule has 1 saturated heterocycles. The molecular formula is C29H38FN5O5. The van der Waals surface area contributed by atoms with E-state index in [4.69, 9.17) is 13.7 Å². The summed E-state index contributed by atoms with van der Waals surface area (Å²) in [7, 11) is 0. The van der Waals surface area contributed by atoms with Crippen molar-refractivity contribution in [1.29, 1.82) is 0 Å². The number of halogens is 1. The SMILES string of the molecule is CC(C)CCc1nc(-c2ccc(OCCCN3CCCN(C(=O)[C@@H](C)NC(=O)c4ccco4)CC3)cc2F)no1. The summed E-state index contributed by atoms with van der Waals surface area (Å²) >= 11 is 0. The Morgan fingerprint density at radius 3 is 2.75 bits per heavy atom. The Morgan fingerprint density at radius 2 is 2.00 bits per heavy atom. The molecule has 3 aromatic rings. The molecule has 10 nitrogen and oxygen atoms in total. The normalized spacial score (nSPS) is 15.2. The molecule has 1 aromatic carbocycles. The number of carbonyl (C=O) groups is 2. The van der Waals surface area contributed by atoms with E-state index in [1.807, 2.05) is 0 Å². The van der Waals surface area contributed by atoms with Gasteiger partial charge in [-0.3, -0.25) is 9.59 Å². The molecule has 0 spiro atoms. The summed E-state index contributed by atoms with van der Waals surface area (Å²) in [5, 5.41) is 6.62. The average molecular weight is 556 g/mol. The van der Waals surface area contributed by atoms with Gasteiger partial charge in [0.1, 0.15) is 17.6 Å². The maximum Gasteiger partial charge on any atom is 0.287 e. The van der Waals surface area contributed by atoms with Gasteiger partial charge in [0.25, 0.3) is 5.91 Å². The average Bonchev–Trinajstić information content (AvgIpc) is 3.59. The molecule has 11 heteroatoms. The number of aryl methyl sites for hydroxylation is 1. The molecule has 1 aliphatic heterocycles. The van der Waals surface area contributed by atoms with Gasteiger partial charge in [-0.2, -0.15) is 4.98 Å². The van der Waals surface area contributed by atoms with Gasteiger partial charge in [-0.05, 0) is 62.9 Å². The van der Waals surface area contributed by atoms with Gasteiger partial charge in [-0.15, -0.1) is 0 Å². The maximum absolute atomic E-state index is 14.7. The first-order valence-electron chi connectivity index (χ1n) is 13.9. The van der Waals surface area contributed by atoms with E-state index >= 15 is 0 Å². The lowest BCUT2D eigenvalue weighted by atomic mass is 10.1. The van der Waals surface area contributed by atoms with Crippen LogP contribution in [0.5, 0.6) is 5.75 Å². The second-order valence-electron chi connectivity index (χ2n) is 10.5. The minimum atomic E-state index is -0.642. The van der Waals surface area contributed by atoms with Crippen molar-refractivity contribution in [1.82, 2.24) is 25.3 Å². The number of hydrogen-bond acceptors (Lipinski definition) is 8. The van der Waals surface area contributed by atoms with Gasteiger partial charge >= 0.3 is 0 Å². The first kappa shape index (κ1) is 29.3. The number of hydrogen-bond donors (Lipinski definition) is 1. The molecular weight excluding hydrogens is 517 g/mol. The maximum atomic E-state index is 14.7. The molecule has 1 fully saturated rings. The predicted octanol–water partition coefficient (Wildman–Crippen LogP) is 4.18. The van der Waals surface area contributed by atoms with Crippen molar-refractivity contribution in [2.45, 2.75) is 52.5 Å². The molecule has 2 amide bonds. The van der Waals surface area contributed by atoms with Gasteiger partial charge in [-0.1, -0.05) is 19.0 Å². The molecule has 216 valence electrons. The molecule has 1 aliphatic rings. The fraction of sp³-hybridized carbons (Fsp3) is 0.517. The highest BCUT2D eigenvalue weighted by molar-refractivity contribution is 5.95. The quantitative estimate of drug-likeness (QED) is 0.331. The highest BCUT2D eigenvalue weighted by Crippen LogP contribution is 2.25. The molecule has 4 rings (SSSR count). The summed E-state index contributed by atoms with van der Waals surface area (Å²) in [5.41, 5.74) is 0.283. The Balaban J connectivity index is 1.18. The van der Waals surface area contributed by atoms with Crippen LogP contribution in [-0.4, -0.2) is 77.1 Å². The smallest absolute Gasteiger partial charge is 0.287 e. The second-order valence-corrected chi connectivity index (χ2v) is 10.5. The van der Waals surface area contributed by atoms with Gasteiger partial charge in [0, 0.05) is 38.7 Å².